The zero-order chi connectivity index (χ0) is 11.0. The molecule has 1 N–H and O–H groups in total. The molecule has 5 nitrogen and oxygen atoms in total. The second-order valence-electron chi connectivity index (χ2n) is 3.34. The molecule has 16 heavy (non-hydrogen) atoms. The first kappa shape index (κ1) is 8.84. The summed E-state index contributed by atoms with van der Waals surface area (Å²) in [6, 6.07) is 5.01. The number of fused-ring (bicyclic) bond motifs is 1. The topological polar surface area (TPSA) is 63.6 Å². The molecule has 0 radical (unpaired) electrons. The van der Waals surface area contributed by atoms with Crippen LogP contribution in [-0.4, -0.2) is 19.5 Å². The fourth-order valence-corrected chi connectivity index (χ4v) is 1.64. The van der Waals surface area contributed by atoms with E-state index in [-0.39, 0.29) is 5.43 Å². The molecule has 5 heteroatoms. The van der Waals surface area contributed by atoms with Crippen molar-refractivity contribution in [3.05, 3.63) is 53.2 Å². The van der Waals surface area contributed by atoms with Crippen LogP contribution in [0.25, 0.3) is 17.0 Å². The van der Waals surface area contributed by atoms with E-state index in [2.05, 4.69) is 15.0 Å². The summed E-state index contributed by atoms with van der Waals surface area (Å²) in [6.45, 7) is 0. The van der Waals surface area contributed by atoms with Crippen LogP contribution in [0.1, 0.15) is 0 Å². The molecule has 3 rings (SSSR count). The molecule has 0 aliphatic rings. The van der Waals surface area contributed by atoms with Gasteiger partial charge >= 0.3 is 0 Å². The van der Waals surface area contributed by atoms with Gasteiger partial charge in [-0.1, -0.05) is 0 Å². The van der Waals surface area contributed by atoms with Gasteiger partial charge in [0, 0.05) is 30.9 Å². The molecular weight excluding hydrogens is 204 g/mol. The van der Waals surface area contributed by atoms with Crippen molar-refractivity contribution in [1.29, 1.82) is 0 Å². The van der Waals surface area contributed by atoms with Crippen LogP contribution in [0.15, 0.2) is 47.8 Å². The Morgan fingerprint density at radius 1 is 1.19 bits per heavy atom. The van der Waals surface area contributed by atoms with Crippen molar-refractivity contribution >= 4 is 11.0 Å². The van der Waals surface area contributed by atoms with Gasteiger partial charge in [0.15, 0.2) is 11.1 Å². The van der Waals surface area contributed by atoms with Crippen LogP contribution in [-0.2, 0) is 0 Å². The van der Waals surface area contributed by atoms with Crippen LogP contribution < -0.4 is 5.43 Å². The van der Waals surface area contributed by atoms with Gasteiger partial charge in [0.05, 0.1) is 5.39 Å². The van der Waals surface area contributed by atoms with E-state index < -0.39 is 0 Å². The maximum absolute atomic E-state index is 11.6. The van der Waals surface area contributed by atoms with Gasteiger partial charge in [0.2, 0.25) is 5.95 Å². The molecule has 0 spiro atoms. The van der Waals surface area contributed by atoms with Gasteiger partial charge < -0.3 is 4.98 Å². The lowest BCUT2D eigenvalue weighted by molar-refractivity contribution is 0.971. The summed E-state index contributed by atoms with van der Waals surface area (Å²) in [5.74, 6) is 0.642. The predicted molar refractivity (Wildman–Crippen MR) is 59.5 cm³/mol. The van der Waals surface area contributed by atoms with Crippen molar-refractivity contribution in [2.75, 3.05) is 0 Å². The first-order valence-corrected chi connectivity index (χ1v) is 4.82. The Labute approximate surface area is 90.4 Å². The van der Waals surface area contributed by atoms with Gasteiger partial charge in [-0.05, 0) is 12.1 Å². The standard InChI is InChI=1S/C11H8N4O/c16-9-3-7-15(11-13-5-6-14-11)10-8(9)2-1-4-12-10/h1-7H,(H,13,14). The Morgan fingerprint density at radius 2 is 2.12 bits per heavy atom. The molecule has 0 bridgehead atoms. The summed E-state index contributed by atoms with van der Waals surface area (Å²) in [7, 11) is 0. The van der Waals surface area contributed by atoms with Crippen molar-refractivity contribution in [2.45, 2.75) is 0 Å². The molecule has 3 heterocycles. The summed E-state index contributed by atoms with van der Waals surface area (Å²) in [5, 5.41) is 0.585. The molecule has 0 saturated heterocycles. The number of aromatic amines is 1. The fourth-order valence-electron chi connectivity index (χ4n) is 1.64. The highest BCUT2D eigenvalue weighted by molar-refractivity contribution is 5.75. The molecule has 78 valence electrons. The zero-order valence-corrected chi connectivity index (χ0v) is 8.29. The molecule has 3 aromatic rings. The summed E-state index contributed by atoms with van der Waals surface area (Å²) in [4.78, 5) is 22.9. The predicted octanol–water partition coefficient (Wildman–Crippen LogP) is 1.11. The van der Waals surface area contributed by atoms with E-state index in [9.17, 15) is 4.79 Å². The van der Waals surface area contributed by atoms with Gasteiger partial charge in [-0.25, -0.2) is 9.97 Å². The average molecular weight is 212 g/mol. The van der Waals surface area contributed by atoms with Crippen molar-refractivity contribution in [3.8, 4) is 5.95 Å². The van der Waals surface area contributed by atoms with Gasteiger partial charge in [0.1, 0.15) is 0 Å². The zero-order valence-electron chi connectivity index (χ0n) is 8.29. The second kappa shape index (κ2) is 3.30. The normalized spacial score (nSPS) is 10.8. The van der Waals surface area contributed by atoms with E-state index in [4.69, 9.17) is 0 Å². The molecule has 0 amide bonds. The van der Waals surface area contributed by atoms with Gasteiger partial charge in [0.25, 0.3) is 0 Å². The maximum atomic E-state index is 11.6. The molecule has 0 fully saturated rings. The fraction of sp³-hybridized carbons (Fsp3) is 0. The number of nitrogens with one attached hydrogen (secondary N) is 1. The average Bonchev–Trinajstić information content (AvgIpc) is 2.83. The van der Waals surface area contributed by atoms with E-state index in [0.717, 1.165) is 0 Å². The Morgan fingerprint density at radius 3 is 2.94 bits per heavy atom. The molecule has 0 unspecified atom stereocenters. The minimum atomic E-state index is -0.0362. The van der Waals surface area contributed by atoms with E-state index in [1.807, 2.05) is 0 Å². The molecular formula is C11H8N4O. The summed E-state index contributed by atoms with van der Waals surface area (Å²) in [6.07, 6.45) is 6.70. The summed E-state index contributed by atoms with van der Waals surface area (Å²) >= 11 is 0. The molecule has 0 saturated carbocycles. The third kappa shape index (κ3) is 1.22. The Hall–Kier alpha value is -2.43. The maximum Gasteiger partial charge on any atom is 0.212 e. The smallest absolute Gasteiger partial charge is 0.212 e. The van der Waals surface area contributed by atoms with Crippen LogP contribution in [0, 0.1) is 0 Å². The first-order valence-electron chi connectivity index (χ1n) is 4.82. The lowest BCUT2D eigenvalue weighted by Crippen LogP contribution is -2.08. The van der Waals surface area contributed by atoms with Crippen molar-refractivity contribution in [1.82, 2.24) is 19.5 Å². The molecule has 0 atom stereocenters. The summed E-state index contributed by atoms with van der Waals surface area (Å²) in [5.41, 5.74) is 0.566. The van der Waals surface area contributed by atoms with Crippen LogP contribution in [0.4, 0.5) is 0 Å². The number of hydrogen-bond acceptors (Lipinski definition) is 3. The van der Waals surface area contributed by atoms with Gasteiger partial charge in [-0.2, -0.15) is 0 Å². The highest BCUT2D eigenvalue weighted by Crippen LogP contribution is 2.09. The number of pyridine rings is 2. The van der Waals surface area contributed by atoms with Crippen molar-refractivity contribution in [2.24, 2.45) is 0 Å². The van der Waals surface area contributed by atoms with Gasteiger partial charge in [-0.3, -0.25) is 9.36 Å². The number of nitrogens with zero attached hydrogens (tertiary/aromatic N) is 3. The number of aromatic nitrogens is 4. The third-order valence-electron chi connectivity index (χ3n) is 2.37. The highest BCUT2D eigenvalue weighted by atomic mass is 16.1. The molecule has 3 aromatic heterocycles. The Balaban J connectivity index is 2.43. The second-order valence-corrected chi connectivity index (χ2v) is 3.34. The Kier molecular flexibility index (Phi) is 1.83. The lowest BCUT2D eigenvalue weighted by Gasteiger charge is -2.05. The Bertz CT molecular complexity index is 685. The van der Waals surface area contributed by atoms with E-state index in [1.165, 1.54) is 6.07 Å². The van der Waals surface area contributed by atoms with Gasteiger partial charge in [-0.15, -0.1) is 0 Å². The first-order chi connectivity index (χ1) is 7.86. The van der Waals surface area contributed by atoms with E-state index in [1.54, 1.807) is 41.5 Å². The minimum Gasteiger partial charge on any atom is -0.330 e. The van der Waals surface area contributed by atoms with Crippen LogP contribution in [0.2, 0.25) is 0 Å². The number of hydrogen-bond donors (Lipinski definition) is 1. The lowest BCUT2D eigenvalue weighted by atomic mass is 10.3. The highest BCUT2D eigenvalue weighted by Gasteiger charge is 2.05. The SMILES string of the molecule is O=c1ccn(-c2ncc[nH]2)c2ncccc12. The minimum absolute atomic E-state index is 0.0362. The van der Waals surface area contributed by atoms with Crippen molar-refractivity contribution < 1.29 is 0 Å². The number of imidazole rings is 1. The van der Waals surface area contributed by atoms with E-state index in [0.29, 0.717) is 17.0 Å². The number of rotatable bonds is 1. The van der Waals surface area contributed by atoms with Crippen molar-refractivity contribution in [3.63, 3.8) is 0 Å². The quantitative estimate of drug-likeness (QED) is 0.657. The van der Waals surface area contributed by atoms with E-state index >= 15 is 0 Å². The number of H-pyrrole nitrogens is 1. The third-order valence-corrected chi connectivity index (χ3v) is 2.37. The largest absolute Gasteiger partial charge is 0.330 e. The summed E-state index contributed by atoms with van der Waals surface area (Å²) < 4.78 is 1.75. The molecule has 0 aliphatic heterocycles. The van der Waals surface area contributed by atoms with Crippen LogP contribution in [0.3, 0.4) is 0 Å². The van der Waals surface area contributed by atoms with Crippen LogP contribution in [0.5, 0.6) is 0 Å². The molecule has 0 aromatic carbocycles. The van der Waals surface area contributed by atoms with Crippen LogP contribution >= 0.6 is 0 Å². The monoisotopic (exact) mass is 212 g/mol. The molecule has 0 aliphatic carbocycles.